The average Bonchev–Trinajstić information content (AvgIpc) is 2.48. The van der Waals surface area contributed by atoms with Crippen LogP contribution in [-0.2, 0) is 9.47 Å². The summed E-state index contributed by atoms with van der Waals surface area (Å²) < 4.78 is 25.0. The van der Waals surface area contributed by atoms with Crippen molar-refractivity contribution < 1.29 is 28.9 Å². The summed E-state index contributed by atoms with van der Waals surface area (Å²) in [5.41, 5.74) is -1.44. The molecule has 2 saturated heterocycles. The number of hydrogen-bond donors (Lipinski definition) is 2. The van der Waals surface area contributed by atoms with Crippen molar-refractivity contribution in [1.82, 2.24) is 4.90 Å². The van der Waals surface area contributed by atoms with E-state index in [9.17, 15) is 14.3 Å². The van der Waals surface area contributed by atoms with E-state index in [1.807, 2.05) is 0 Å². The third kappa shape index (κ3) is 4.52. The fourth-order valence-electron chi connectivity index (χ4n) is 2.83. The van der Waals surface area contributed by atoms with Gasteiger partial charge in [0, 0.05) is 19.8 Å². The van der Waals surface area contributed by atoms with Crippen molar-refractivity contribution in [1.29, 1.82) is 0 Å². The Morgan fingerprint density at radius 2 is 2.29 bits per heavy atom. The SMILES string of the molecule is O=C(O)N1CCC(O)(CCCOC2CCCCO2)C(F)C1. The van der Waals surface area contributed by atoms with Gasteiger partial charge < -0.3 is 24.6 Å². The number of carboxylic acid groups (broad SMARTS) is 1. The van der Waals surface area contributed by atoms with Gasteiger partial charge in [0.1, 0.15) is 6.17 Å². The van der Waals surface area contributed by atoms with E-state index in [4.69, 9.17) is 14.6 Å². The van der Waals surface area contributed by atoms with Gasteiger partial charge in [0.15, 0.2) is 6.29 Å². The molecule has 21 heavy (non-hydrogen) atoms. The summed E-state index contributed by atoms with van der Waals surface area (Å²) in [5.74, 6) is 0. The zero-order valence-electron chi connectivity index (χ0n) is 12.2. The fourth-order valence-corrected chi connectivity index (χ4v) is 2.83. The van der Waals surface area contributed by atoms with E-state index in [1.165, 1.54) is 0 Å². The van der Waals surface area contributed by atoms with E-state index in [-0.39, 0.29) is 32.2 Å². The van der Waals surface area contributed by atoms with Crippen LogP contribution in [0.2, 0.25) is 0 Å². The van der Waals surface area contributed by atoms with Gasteiger partial charge in [-0.15, -0.1) is 0 Å². The summed E-state index contributed by atoms with van der Waals surface area (Å²) in [5, 5.41) is 19.1. The second kappa shape index (κ2) is 7.38. The largest absolute Gasteiger partial charge is 0.465 e. The van der Waals surface area contributed by atoms with E-state index >= 15 is 0 Å². The molecule has 0 radical (unpaired) electrons. The standard InChI is InChI=1S/C14H24FNO5/c15-11-10-16(13(17)18)7-6-14(11,19)5-3-9-21-12-4-1-2-8-20-12/h11-12,19H,1-10H2,(H,17,18). The van der Waals surface area contributed by atoms with E-state index in [2.05, 4.69) is 0 Å². The Balaban J connectivity index is 1.68. The van der Waals surface area contributed by atoms with Crippen molar-refractivity contribution in [3.63, 3.8) is 0 Å². The first-order valence-electron chi connectivity index (χ1n) is 7.59. The molecule has 2 heterocycles. The third-order valence-corrected chi connectivity index (χ3v) is 4.24. The Morgan fingerprint density at radius 1 is 1.48 bits per heavy atom. The molecule has 0 bridgehead atoms. The Labute approximate surface area is 123 Å². The molecule has 2 fully saturated rings. The minimum Gasteiger partial charge on any atom is -0.465 e. The van der Waals surface area contributed by atoms with Crippen LogP contribution in [0, 0.1) is 0 Å². The maximum atomic E-state index is 14.0. The molecule has 2 rings (SSSR count). The summed E-state index contributed by atoms with van der Waals surface area (Å²) >= 11 is 0. The molecule has 7 heteroatoms. The third-order valence-electron chi connectivity index (χ3n) is 4.24. The summed E-state index contributed by atoms with van der Waals surface area (Å²) in [6.45, 7) is 1.03. The molecule has 0 aromatic carbocycles. The molecule has 0 saturated carbocycles. The number of hydrogen-bond acceptors (Lipinski definition) is 4. The second-order valence-corrected chi connectivity index (χ2v) is 5.82. The van der Waals surface area contributed by atoms with Gasteiger partial charge in [-0.3, -0.25) is 0 Å². The lowest BCUT2D eigenvalue weighted by atomic mass is 9.85. The summed E-state index contributed by atoms with van der Waals surface area (Å²) in [4.78, 5) is 11.8. The first kappa shape index (κ1) is 16.5. The monoisotopic (exact) mass is 305 g/mol. The number of alkyl halides is 1. The molecule has 0 aromatic rings. The van der Waals surface area contributed by atoms with Crippen LogP contribution in [0.25, 0.3) is 0 Å². The number of amides is 1. The Bertz CT molecular complexity index is 350. The molecule has 2 aliphatic rings. The minimum absolute atomic E-state index is 0.125. The van der Waals surface area contributed by atoms with Crippen molar-refractivity contribution in [2.24, 2.45) is 0 Å². The number of nitrogens with zero attached hydrogens (tertiary/aromatic N) is 1. The first-order valence-corrected chi connectivity index (χ1v) is 7.59. The quantitative estimate of drug-likeness (QED) is 0.757. The number of halogens is 1. The molecule has 2 N–H and O–H groups in total. The van der Waals surface area contributed by atoms with Gasteiger partial charge in [0.25, 0.3) is 0 Å². The Kier molecular flexibility index (Phi) is 5.78. The van der Waals surface area contributed by atoms with Crippen LogP contribution in [0.1, 0.15) is 38.5 Å². The number of ether oxygens (including phenoxy) is 2. The zero-order valence-corrected chi connectivity index (χ0v) is 12.2. The zero-order chi connectivity index (χ0) is 15.3. The number of aliphatic hydroxyl groups is 1. The van der Waals surface area contributed by atoms with Crippen LogP contribution in [0.15, 0.2) is 0 Å². The van der Waals surface area contributed by atoms with Gasteiger partial charge in [-0.2, -0.15) is 0 Å². The number of carbonyl (C=O) groups is 1. The highest BCUT2D eigenvalue weighted by molar-refractivity contribution is 5.65. The van der Waals surface area contributed by atoms with E-state index < -0.39 is 17.9 Å². The average molecular weight is 305 g/mol. The molecule has 3 unspecified atom stereocenters. The lowest BCUT2D eigenvalue weighted by Crippen LogP contribution is -2.54. The second-order valence-electron chi connectivity index (χ2n) is 5.82. The lowest BCUT2D eigenvalue weighted by molar-refractivity contribution is -0.166. The van der Waals surface area contributed by atoms with Crippen LogP contribution in [0.3, 0.4) is 0 Å². The predicted octanol–water partition coefficient (Wildman–Crippen LogP) is 1.76. The molecule has 122 valence electrons. The molecule has 0 spiro atoms. The van der Waals surface area contributed by atoms with Crippen LogP contribution < -0.4 is 0 Å². The normalized spacial score (nSPS) is 33.9. The topological polar surface area (TPSA) is 79.2 Å². The smallest absolute Gasteiger partial charge is 0.407 e. The Hall–Kier alpha value is -0.920. The molecule has 1 amide bonds. The highest BCUT2D eigenvalue weighted by Gasteiger charge is 2.42. The number of rotatable bonds is 5. The van der Waals surface area contributed by atoms with Crippen molar-refractivity contribution in [3.8, 4) is 0 Å². The molecular formula is C14H24FNO5. The number of piperidine rings is 1. The lowest BCUT2D eigenvalue weighted by Gasteiger charge is -2.39. The fraction of sp³-hybridized carbons (Fsp3) is 0.929. The van der Waals surface area contributed by atoms with Crippen LogP contribution in [0.4, 0.5) is 9.18 Å². The van der Waals surface area contributed by atoms with E-state index in [1.54, 1.807) is 0 Å². The van der Waals surface area contributed by atoms with Gasteiger partial charge in [-0.25, -0.2) is 9.18 Å². The van der Waals surface area contributed by atoms with Gasteiger partial charge in [-0.1, -0.05) is 0 Å². The molecule has 0 aromatic heterocycles. The first-order chi connectivity index (χ1) is 10.0. The summed E-state index contributed by atoms with van der Waals surface area (Å²) in [6.07, 6.45) is 1.09. The van der Waals surface area contributed by atoms with Crippen LogP contribution in [-0.4, -0.2) is 65.6 Å². The highest BCUT2D eigenvalue weighted by Crippen LogP contribution is 2.30. The predicted molar refractivity (Wildman–Crippen MR) is 72.8 cm³/mol. The summed E-state index contributed by atoms with van der Waals surface area (Å²) in [7, 11) is 0. The summed E-state index contributed by atoms with van der Waals surface area (Å²) in [6, 6.07) is 0. The van der Waals surface area contributed by atoms with Gasteiger partial charge in [0.2, 0.25) is 0 Å². The highest BCUT2D eigenvalue weighted by atomic mass is 19.1. The van der Waals surface area contributed by atoms with Crippen molar-refractivity contribution >= 4 is 6.09 Å². The van der Waals surface area contributed by atoms with Gasteiger partial charge in [-0.05, 0) is 38.5 Å². The van der Waals surface area contributed by atoms with Gasteiger partial charge in [0.05, 0.1) is 12.1 Å². The molecule has 2 aliphatic heterocycles. The van der Waals surface area contributed by atoms with Crippen LogP contribution in [0.5, 0.6) is 0 Å². The minimum atomic E-state index is -1.55. The molecule has 3 atom stereocenters. The molecule has 0 aliphatic carbocycles. The van der Waals surface area contributed by atoms with Crippen molar-refractivity contribution in [2.45, 2.75) is 56.6 Å². The molecular weight excluding hydrogens is 281 g/mol. The Morgan fingerprint density at radius 3 is 2.90 bits per heavy atom. The maximum Gasteiger partial charge on any atom is 0.407 e. The van der Waals surface area contributed by atoms with Gasteiger partial charge >= 0.3 is 6.09 Å². The van der Waals surface area contributed by atoms with Crippen molar-refractivity contribution in [2.75, 3.05) is 26.3 Å². The van der Waals surface area contributed by atoms with Crippen molar-refractivity contribution in [3.05, 3.63) is 0 Å². The number of likely N-dealkylation sites (tertiary alicyclic amines) is 1. The van der Waals surface area contributed by atoms with E-state index in [0.29, 0.717) is 19.6 Å². The maximum absolute atomic E-state index is 14.0. The molecule has 6 nitrogen and oxygen atoms in total. The van der Waals surface area contributed by atoms with E-state index in [0.717, 1.165) is 24.2 Å². The van der Waals surface area contributed by atoms with Crippen LogP contribution >= 0.6 is 0 Å².